The Morgan fingerprint density at radius 1 is 1.33 bits per heavy atom. The number of aryl methyl sites for hydroxylation is 1. The first-order valence-electron chi connectivity index (χ1n) is 6.81. The standard InChI is InChI=1S/C15H20N2O/c1-17(10-15(18)16-12-7-8-12)14-9-6-11-4-2-3-5-13(11)14/h2-5,12,14H,6-10H2,1H3,(H,16,18)/t14-/m1/s1. The zero-order chi connectivity index (χ0) is 12.5. The first-order valence-corrected chi connectivity index (χ1v) is 6.81. The highest BCUT2D eigenvalue weighted by atomic mass is 16.2. The smallest absolute Gasteiger partial charge is 0.234 e. The summed E-state index contributed by atoms with van der Waals surface area (Å²) in [5, 5.41) is 3.05. The second-order valence-electron chi connectivity index (χ2n) is 5.51. The summed E-state index contributed by atoms with van der Waals surface area (Å²) in [7, 11) is 2.05. The van der Waals surface area contributed by atoms with E-state index < -0.39 is 0 Å². The van der Waals surface area contributed by atoms with E-state index in [2.05, 4.69) is 41.5 Å². The molecule has 1 saturated carbocycles. The molecule has 1 N–H and O–H groups in total. The molecule has 96 valence electrons. The lowest BCUT2D eigenvalue weighted by molar-refractivity contribution is -0.122. The van der Waals surface area contributed by atoms with Crippen LogP contribution in [0.4, 0.5) is 0 Å². The molecule has 1 atom stereocenters. The molecule has 18 heavy (non-hydrogen) atoms. The Balaban J connectivity index is 1.62. The van der Waals surface area contributed by atoms with Crippen molar-refractivity contribution in [2.24, 2.45) is 0 Å². The molecule has 2 aliphatic carbocycles. The van der Waals surface area contributed by atoms with Crippen LogP contribution in [0, 0.1) is 0 Å². The van der Waals surface area contributed by atoms with Gasteiger partial charge in [-0.2, -0.15) is 0 Å². The molecule has 3 rings (SSSR count). The van der Waals surface area contributed by atoms with Crippen molar-refractivity contribution in [3.05, 3.63) is 35.4 Å². The monoisotopic (exact) mass is 244 g/mol. The molecule has 0 bridgehead atoms. The van der Waals surface area contributed by atoms with Gasteiger partial charge in [0, 0.05) is 12.1 Å². The van der Waals surface area contributed by atoms with Crippen molar-refractivity contribution in [1.82, 2.24) is 10.2 Å². The maximum Gasteiger partial charge on any atom is 0.234 e. The van der Waals surface area contributed by atoms with Crippen molar-refractivity contribution >= 4 is 5.91 Å². The summed E-state index contributed by atoms with van der Waals surface area (Å²) in [5.74, 6) is 0.171. The fourth-order valence-electron chi connectivity index (χ4n) is 2.83. The predicted molar refractivity (Wildman–Crippen MR) is 71.3 cm³/mol. The summed E-state index contributed by atoms with van der Waals surface area (Å²) < 4.78 is 0. The van der Waals surface area contributed by atoms with Crippen LogP contribution in [-0.2, 0) is 11.2 Å². The summed E-state index contributed by atoms with van der Waals surface area (Å²) in [6, 6.07) is 9.46. The molecular formula is C15H20N2O. The molecule has 0 aromatic heterocycles. The lowest BCUT2D eigenvalue weighted by atomic mass is 10.1. The second-order valence-corrected chi connectivity index (χ2v) is 5.51. The lowest BCUT2D eigenvalue weighted by Gasteiger charge is -2.24. The summed E-state index contributed by atoms with van der Waals surface area (Å²) in [4.78, 5) is 14.0. The number of hydrogen-bond donors (Lipinski definition) is 1. The maximum absolute atomic E-state index is 11.8. The number of fused-ring (bicyclic) bond motifs is 1. The quantitative estimate of drug-likeness (QED) is 0.877. The summed E-state index contributed by atoms with van der Waals surface area (Å²) in [6.45, 7) is 0.509. The van der Waals surface area contributed by atoms with E-state index in [1.165, 1.54) is 11.1 Å². The van der Waals surface area contributed by atoms with E-state index in [-0.39, 0.29) is 5.91 Å². The van der Waals surface area contributed by atoms with E-state index in [0.29, 0.717) is 18.6 Å². The fraction of sp³-hybridized carbons (Fsp3) is 0.533. The number of amides is 1. The molecule has 0 aliphatic heterocycles. The number of benzene rings is 1. The van der Waals surface area contributed by atoms with Crippen molar-refractivity contribution in [3.63, 3.8) is 0 Å². The van der Waals surface area contributed by atoms with Gasteiger partial charge < -0.3 is 5.32 Å². The van der Waals surface area contributed by atoms with Crippen LogP contribution in [0.1, 0.15) is 36.4 Å². The van der Waals surface area contributed by atoms with Crippen LogP contribution in [0.3, 0.4) is 0 Å². The molecule has 2 aliphatic rings. The largest absolute Gasteiger partial charge is 0.352 e. The Morgan fingerprint density at radius 3 is 2.89 bits per heavy atom. The number of hydrogen-bond acceptors (Lipinski definition) is 2. The van der Waals surface area contributed by atoms with E-state index in [1.54, 1.807) is 0 Å². The molecule has 1 aromatic rings. The first kappa shape index (κ1) is 11.7. The van der Waals surface area contributed by atoms with Crippen LogP contribution >= 0.6 is 0 Å². The normalized spacial score (nSPS) is 22.0. The minimum atomic E-state index is 0.171. The van der Waals surface area contributed by atoms with Crippen LogP contribution in [-0.4, -0.2) is 30.4 Å². The van der Waals surface area contributed by atoms with Crippen molar-refractivity contribution in [2.45, 2.75) is 37.8 Å². The highest BCUT2D eigenvalue weighted by molar-refractivity contribution is 5.78. The van der Waals surface area contributed by atoms with Gasteiger partial charge in [-0.25, -0.2) is 0 Å². The third kappa shape index (κ3) is 2.41. The van der Waals surface area contributed by atoms with E-state index >= 15 is 0 Å². The lowest BCUT2D eigenvalue weighted by Crippen LogP contribution is -2.37. The molecule has 3 nitrogen and oxygen atoms in total. The van der Waals surface area contributed by atoms with Crippen molar-refractivity contribution < 1.29 is 4.79 Å². The molecule has 0 saturated heterocycles. The van der Waals surface area contributed by atoms with Gasteiger partial charge in [-0.15, -0.1) is 0 Å². The third-order valence-electron chi connectivity index (χ3n) is 3.97. The first-order chi connectivity index (χ1) is 8.74. The average Bonchev–Trinajstić information content (AvgIpc) is 3.06. The van der Waals surface area contributed by atoms with E-state index in [0.717, 1.165) is 25.7 Å². The highest BCUT2D eigenvalue weighted by Crippen LogP contribution is 2.34. The molecule has 1 amide bonds. The van der Waals surface area contributed by atoms with Gasteiger partial charge in [0.05, 0.1) is 6.54 Å². The van der Waals surface area contributed by atoms with E-state index in [1.807, 2.05) is 0 Å². The number of carbonyl (C=O) groups excluding carboxylic acids is 1. The molecule has 3 heteroatoms. The summed E-state index contributed by atoms with van der Waals surface area (Å²) >= 11 is 0. The van der Waals surface area contributed by atoms with Crippen LogP contribution in [0.2, 0.25) is 0 Å². The number of carbonyl (C=O) groups is 1. The van der Waals surface area contributed by atoms with Crippen LogP contribution in [0.25, 0.3) is 0 Å². The molecule has 1 aromatic carbocycles. The van der Waals surface area contributed by atoms with Gasteiger partial charge in [-0.1, -0.05) is 24.3 Å². The van der Waals surface area contributed by atoms with E-state index in [9.17, 15) is 4.79 Å². The van der Waals surface area contributed by atoms with Gasteiger partial charge in [0.25, 0.3) is 0 Å². The van der Waals surface area contributed by atoms with Crippen LogP contribution in [0.15, 0.2) is 24.3 Å². The van der Waals surface area contributed by atoms with Gasteiger partial charge in [-0.3, -0.25) is 9.69 Å². The second kappa shape index (κ2) is 4.73. The number of nitrogens with zero attached hydrogens (tertiary/aromatic N) is 1. The molecule has 0 heterocycles. The molecule has 0 spiro atoms. The van der Waals surface area contributed by atoms with Crippen molar-refractivity contribution in [3.8, 4) is 0 Å². The Labute approximate surface area is 108 Å². The van der Waals surface area contributed by atoms with Gasteiger partial charge in [0.2, 0.25) is 5.91 Å². The molecule has 1 fully saturated rings. The zero-order valence-corrected chi connectivity index (χ0v) is 10.9. The van der Waals surface area contributed by atoms with Crippen LogP contribution in [0.5, 0.6) is 0 Å². The molecular weight excluding hydrogens is 224 g/mol. The number of nitrogens with one attached hydrogen (secondary N) is 1. The van der Waals surface area contributed by atoms with E-state index in [4.69, 9.17) is 0 Å². The molecule has 0 unspecified atom stereocenters. The minimum Gasteiger partial charge on any atom is -0.352 e. The van der Waals surface area contributed by atoms with Crippen LogP contribution < -0.4 is 5.32 Å². The Morgan fingerprint density at radius 2 is 2.11 bits per heavy atom. The van der Waals surface area contributed by atoms with Crippen molar-refractivity contribution in [2.75, 3.05) is 13.6 Å². The Hall–Kier alpha value is -1.35. The fourth-order valence-corrected chi connectivity index (χ4v) is 2.83. The van der Waals surface area contributed by atoms with Gasteiger partial charge >= 0.3 is 0 Å². The Bertz CT molecular complexity index is 454. The predicted octanol–water partition coefficient (Wildman–Crippen LogP) is 1.88. The van der Waals surface area contributed by atoms with Crippen molar-refractivity contribution in [1.29, 1.82) is 0 Å². The third-order valence-corrected chi connectivity index (χ3v) is 3.97. The zero-order valence-electron chi connectivity index (χ0n) is 10.9. The van der Waals surface area contributed by atoms with Gasteiger partial charge in [0.1, 0.15) is 0 Å². The van der Waals surface area contributed by atoms with Gasteiger partial charge in [-0.05, 0) is 43.9 Å². The summed E-state index contributed by atoms with van der Waals surface area (Å²) in [5.41, 5.74) is 2.84. The topological polar surface area (TPSA) is 32.3 Å². The minimum absolute atomic E-state index is 0.171. The number of rotatable bonds is 4. The Kier molecular flexibility index (Phi) is 3.08. The molecule has 0 radical (unpaired) electrons. The maximum atomic E-state index is 11.8. The highest BCUT2D eigenvalue weighted by Gasteiger charge is 2.28. The number of likely N-dealkylation sites (N-methyl/N-ethyl adjacent to an activating group) is 1. The average molecular weight is 244 g/mol. The summed E-state index contributed by atoms with van der Waals surface area (Å²) in [6.07, 6.45) is 4.57. The van der Waals surface area contributed by atoms with Gasteiger partial charge in [0.15, 0.2) is 0 Å². The SMILES string of the molecule is CN(CC(=O)NC1CC1)[C@@H]1CCc2ccccc21.